The van der Waals surface area contributed by atoms with Crippen LogP contribution < -0.4 is 0 Å². The molecule has 2 aromatic rings. The predicted octanol–water partition coefficient (Wildman–Crippen LogP) is 8.21. The van der Waals surface area contributed by atoms with Crippen molar-refractivity contribution in [3.8, 4) is 11.5 Å². The Labute approximate surface area is 185 Å². The second kappa shape index (κ2) is 9.45. The molecule has 0 aliphatic carbocycles. The lowest BCUT2D eigenvalue weighted by atomic mass is 9.72. The Hall–Kier alpha value is -1.96. The molecule has 0 fully saturated rings. The van der Waals surface area contributed by atoms with Gasteiger partial charge in [-0.1, -0.05) is 93.5 Å². The van der Waals surface area contributed by atoms with E-state index in [4.69, 9.17) is 0 Å². The van der Waals surface area contributed by atoms with Crippen molar-refractivity contribution in [1.29, 1.82) is 0 Å². The van der Waals surface area contributed by atoms with Crippen LogP contribution in [0.1, 0.15) is 93.2 Å². The molecule has 0 heterocycles. The van der Waals surface area contributed by atoms with E-state index in [0.717, 1.165) is 12.8 Å². The van der Waals surface area contributed by atoms with E-state index < -0.39 is 0 Å². The fraction of sp³-hybridized carbons (Fsp3) is 0.571. The second-order valence-corrected chi connectivity index (χ2v) is 12.3. The highest BCUT2D eigenvalue weighted by Crippen LogP contribution is 2.37. The highest BCUT2D eigenvalue weighted by molar-refractivity contribution is 5.31. The molecule has 30 heavy (non-hydrogen) atoms. The van der Waals surface area contributed by atoms with Gasteiger partial charge in [-0.2, -0.15) is 0 Å². The fourth-order valence-corrected chi connectivity index (χ4v) is 4.68. The third-order valence-corrected chi connectivity index (χ3v) is 5.24. The Morgan fingerprint density at radius 1 is 0.467 bits per heavy atom. The number of phenolic OH excluding ortho intramolecular Hbond substituents is 2. The molecule has 0 aromatic heterocycles. The lowest BCUT2D eigenvalue weighted by Crippen LogP contribution is -2.24. The van der Waals surface area contributed by atoms with Gasteiger partial charge in [-0.25, -0.2) is 0 Å². The van der Waals surface area contributed by atoms with Crippen LogP contribution in [0.5, 0.6) is 11.5 Å². The van der Waals surface area contributed by atoms with E-state index in [9.17, 15) is 10.2 Å². The van der Waals surface area contributed by atoms with Crippen LogP contribution in [-0.4, -0.2) is 10.2 Å². The highest BCUT2D eigenvalue weighted by Gasteiger charge is 2.27. The number of aromatic hydroxyl groups is 2. The summed E-state index contributed by atoms with van der Waals surface area (Å²) >= 11 is 0. The molecule has 2 aromatic carbocycles. The number of hydrogen-bond donors (Lipinski definition) is 2. The normalized spacial score (nSPS) is 12.9. The summed E-state index contributed by atoms with van der Waals surface area (Å²) in [5.41, 5.74) is 3.53. The Morgan fingerprint density at radius 2 is 0.700 bits per heavy atom. The Morgan fingerprint density at radius 3 is 0.900 bits per heavy atom. The quantitative estimate of drug-likeness (QED) is 0.531. The minimum atomic E-state index is 0.159. The zero-order chi connectivity index (χ0) is 23.4. The van der Waals surface area contributed by atoms with Gasteiger partial charge in [0, 0.05) is 0 Å². The molecule has 0 amide bonds. The summed E-state index contributed by atoms with van der Waals surface area (Å²) in [6, 6.07) is 15.1. The molecule has 0 aliphatic heterocycles. The Bertz CT molecular complexity index is 698. The Kier molecular flexibility index (Phi) is 8.22. The van der Waals surface area contributed by atoms with Crippen LogP contribution in [0.4, 0.5) is 0 Å². The fourth-order valence-electron chi connectivity index (χ4n) is 4.68. The van der Waals surface area contributed by atoms with Crippen molar-refractivity contribution in [3.05, 3.63) is 59.7 Å². The van der Waals surface area contributed by atoms with Crippen molar-refractivity contribution in [2.24, 2.45) is 10.8 Å². The molecule has 0 bridgehead atoms. The standard InChI is InChI=1S/2C14H22O/c2*1-13(2,3)10-14(4,5)11-6-8-12(15)9-7-11/h2*6-9,15H,10H2,1-5H3. The molecular formula is C28H44O2. The number of phenols is 2. The topological polar surface area (TPSA) is 40.5 Å². The van der Waals surface area contributed by atoms with E-state index in [1.807, 2.05) is 24.3 Å². The largest absolute Gasteiger partial charge is 0.508 e. The molecular weight excluding hydrogens is 368 g/mol. The van der Waals surface area contributed by atoms with E-state index in [-0.39, 0.29) is 10.8 Å². The zero-order valence-corrected chi connectivity index (χ0v) is 20.9. The summed E-state index contributed by atoms with van der Waals surface area (Å²) in [5, 5.41) is 18.5. The molecule has 168 valence electrons. The van der Waals surface area contributed by atoms with Gasteiger partial charge in [0.1, 0.15) is 11.5 Å². The SMILES string of the molecule is CC(C)(C)CC(C)(C)c1ccc(O)cc1.CC(C)(C)CC(C)(C)c1ccc(O)cc1. The molecule has 0 spiro atoms. The molecule has 2 rings (SSSR count). The van der Waals surface area contributed by atoms with E-state index >= 15 is 0 Å². The number of hydrogen-bond acceptors (Lipinski definition) is 2. The van der Waals surface area contributed by atoms with Crippen molar-refractivity contribution in [2.45, 2.75) is 92.9 Å². The third-order valence-electron chi connectivity index (χ3n) is 5.24. The van der Waals surface area contributed by atoms with Gasteiger partial charge in [-0.15, -0.1) is 0 Å². The average Bonchev–Trinajstić information content (AvgIpc) is 2.52. The highest BCUT2D eigenvalue weighted by atomic mass is 16.3. The molecule has 2 N–H and O–H groups in total. The van der Waals surface area contributed by atoms with Crippen molar-refractivity contribution < 1.29 is 10.2 Å². The first-order chi connectivity index (χ1) is 13.4. The van der Waals surface area contributed by atoms with Crippen LogP contribution in [-0.2, 0) is 10.8 Å². The average molecular weight is 413 g/mol. The molecule has 0 radical (unpaired) electrons. The van der Waals surface area contributed by atoms with E-state index in [1.54, 1.807) is 24.3 Å². The first-order valence-corrected chi connectivity index (χ1v) is 11.0. The van der Waals surface area contributed by atoms with Gasteiger partial charge in [0.15, 0.2) is 0 Å². The zero-order valence-electron chi connectivity index (χ0n) is 20.9. The van der Waals surface area contributed by atoms with Crippen molar-refractivity contribution >= 4 is 0 Å². The molecule has 0 unspecified atom stereocenters. The second-order valence-electron chi connectivity index (χ2n) is 12.3. The van der Waals surface area contributed by atoms with Gasteiger partial charge in [0.25, 0.3) is 0 Å². The number of rotatable bonds is 4. The maximum Gasteiger partial charge on any atom is 0.115 e. The molecule has 0 atom stereocenters. The van der Waals surface area contributed by atoms with E-state index in [1.165, 1.54) is 11.1 Å². The van der Waals surface area contributed by atoms with Crippen LogP contribution in [0.3, 0.4) is 0 Å². The van der Waals surface area contributed by atoms with Gasteiger partial charge >= 0.3 is 0 Å². The summed E-state index contributed by atoms with van der Waals surface area (Å²) in [7, 11) is 0. The monoisotopic (exact) mass is 412 g/mol. The van der Waals surface area contributed by atoms with Crippen LogP contribution in [0, 0.1) is 10.8 Å². The third kappa shape index (κ3) is 9.24. The summed E-state index contributed by atoms with van der Waals surface area (Å²) in [4.78, 5) is 0. The summed E-state index contributed by atoms with van der Waals surface area (Å²) < 4.78 is 0. The maximum atomic E-state index is 9.25. The lowest BCUT2D eigenvalue weighted by Gasteiger charge is -2.33. The van der Waals surface area contributed by atoms with Gasteiger partial charge in [0.2, 0.25) is 0 Å². The predicted molar refractivity (Wildman–Crippen MR) is 130 cm³/mol. The van der Waals surface area contributed by atoms with Crippen molar-refractivity contribution in [3.63, 3.8) is 0 Å². The maximum absolute atomic E-state index is 9.25. The lowest BCUT2D eigenvalue weighted by molar-refractivity contribution is 0.283. The number of benzene rings is 2. The summed E-state index contributed by atoms with van der Waals surface area (Å²) in [5.74, 6) is 0.676. The van der Waals surface area contributed by atoms with Crippen molar-refractivity contribution in [2.75, 3.05) is 0 Å². The molecule has 0 saturated heterocycles. The molecule has 2 nitrogen and oxygen atoms in total. The molecule has 0 saturated carbocycles. The van der Waals surface area contributed by atoms with Crippen LogP contribution in [0.2, 0.25) is 0 Å². The van der Waals surface area contributed by atoms with Gasteiger partial charge in [-0.3, -0.25) is 0 Å². The molecule has 0 aliphatic rings. The minimum Gasteiger partial charge on any atom is -0.508 e. The first kappa shape index (κ1) is 26.1. The van der Waals surface area contributed by atoms with Crippen molar-refractivity contribution in [1.82, 2.24) is 0 Å². The smallest absolute Gasteiger partial charge is 0.115 e. The molecule has 2 heteroatoms. The van der Waals surface area contributed by atoms with Gasteiger partial charge in [0.05, 0.1) is 0 Å². The van der Waals surface area contributed by atoms with E-state index in [2.05, 4.69) is 69.2 Å². The first-order valence-electron chi connectivity index (χ1n) is 11.0. The minimum absolute atomic E-state index is 0.159. The summed E-state index contributed by atoms with van der Waals surface area (Å²) in [6.45, 7) is 22.6. The van der Waals surface area contributed by atoms with Gasteiger partial charge < -0.3 is 10.2 Å². The van der Waals surface area contributed by atoms with Gasteiger partial charge in [-0.05, 0) is 69.9 Å². The van der Waals surface area contributed by atoms with Crippen LogP contribution in [0.15, 0.2) is 48.5 Å². The van der Waals surface area contributed by atoms with Crippen LogP contribution in [0.25, 0.3) is 0 Å². The van der Waals surface area contributed by atoms with E-state index in [0.29, 0.717) is 22.3 Å². The Balaban J connectivity index is 0.000000300. The van der Waals surface area contributed by atoms with Crippen LogP contribution >= 0.6 is 0 Å². The summed E-state index contributed by atoms with van der Waals surface area (Å²) in [6.07, 6.45) is 2.26.